The van der Waals surface area contributed by atoms with Crippen LogP contribution in [0.5, 0.6) is 0 Å². The largest absolute Gasteiger partial charge is 0.480 e. The van der Waals surface area contributed by atoms with Gasteiger partial charge >= 0.3 is 11.9 Å². The van der Waals surface area contributed by atoms with Crippen molar-refractivity contribution in [3.8, 4) is 11.5 Å². The van der Waals surface area contributed by atoms with Crippen molar-refractivity contribution in [2.45, 2.75) is 0 Å². The van der Waals surface area contributed by atoms with Crippen LogP contribution in [0.2, 0.25) is 5.22 Å². The molecule has 0 aliphatic rings. The molecule has 0 radical (unpaired) electrons. The van der Waals surface area contributed by atoms with E-state index in [2.05, 4.69) is 15.0 Å². The summed E-state index contributed by atoms with van der Waals surface area (Å²) >= 11 is 5.80. The molecular formula is C15H12ClN3O5. The van der Waals surface area contributed by atoms with Crippen LogP contribution < -0.4 is 5.32 Å². The number of halogens is 1. The molecule has 9 heteroatoms. The fourth-order valence-corrected chi connectivity index (χ4v) is 2.38. The number of aliphatic carboxylic acids is 1. The first-order valence-corrected chi connectivity index (χ1v) is 7.19. The van der Waals surface area contributed by atoms with Crippen LogP contribution in [0.25, 0.3) is 17.1 Å². The number of pyridine rings is 1. The van der Waals surface area contributed by atoms with E-state index in [4.69, 9.17) is 21.1 Å². The zero-order chi connectivity index (χ0) is 17.3. The fraction of sp³-hybridized carbons (Fsp3) is 0.133. The summed E-state index contributed by atoms with van der Waals surface area (Å²) in [5.41, 5.74) is 1.13. The number of carboxylic acid groups (broad SMARTS) is 1. The standard InChI is InChI=1S/C15H12ClN3O5/c1-23-15(22)8-4-5-19-11(6-8)18-13(9-2-3-10(16)24-9)14(19)17-7-12(20)21/h2-6,17H,7H2,1H3,(H,20,21). The quantitative estimate of drug-likeness (QED) is 0.681. The minimum absolute atomic E-state index is 0.182. The third-order valence-electron chi connectivity index (χ3n) is 3.26. The first-order valence-electron chi connectivity index (χ1n) is 6.81. The summed E-state index contributed by atoms with van der Waals surface area (Å²) in [6.07, 6.45) is 1.59. The normalized spacial score (nSPS) is 10.8. The highest BCUT2D eigenvalue weighted by Gasteiger charge is 2.19. The Morgan fingerprint density at radius 3 is 2.83 bits per heavy atom. The Labute approximate surface area is 140 Å². The molecule has 0 saturated carbocycles. The lowest BCUT2D eigenvalue weighted by Crippen LogP contribution is -2.14. The zero-order valence-corrected chi connectivity index (χ0v) is 13.2. The van der Waals surface area contributed by atoms with Crippen molar-refractivity contribution >= 4 is 35.0 Å². The number of ether oxygens (including phenoxy) is 1. The van der Waals surface area contributed by atoms with Crippen molar-refractivity contribution in [2.24, 2.45) is 0 Å². The smallest absolute Gasteiger partial charge is 0.338 e. The van der Waals surface area contributed by atoms with Gasteiger partial charge in [-0.15, -0.1) is 0 Å². The first-order chi connectivity index (χ1) is 11.5. The van der Waals surface area contributed by atoms with Crippen molar-refractivity contribution in [3.63, 3.8) is 0 Å². The van der Waals surface area contributed by atoms with Crippen LogP contribution in [0.3, 0.4) is 0 Å². The summed E-state index contributed by atoms with van der Waals surface area (Å²) in [4.78, 5) is 26.9. The molecule has 0 bridgehead atoms. The summed E-state index contributed by atoms with van der Waals surface area (Å²) in [6.45, 7) is -0.312. The van der Waals surface area contributed by atoms with Crippen LogP contribution in [0, 0.1) is 0 Å². The van der Waals surface area contributed by atoms with E-state index >= 15 is 0 Å². The lowest BCUT2D eigenvalue weighted by atomic mass is 10.3. The number of fused-ring (bicyclic) bond motifs is 1. The van der Waals surface area contributed by atoms with Crippen LogP contribution in [0.15, 0.2) is 34.9 Å². The number of esters is 1. The van der Waals surface area contributed by atoms with E-state index in [9.17, 15) is 9.59 Å². The topological polar surface area (TPSA) is 106 Å². The van der Waals surface area contributed by atoms with Gasteiger partial charge in [0.2, 0.25) is 0 Å². The molecule has 0 spiro atoms. The molecule has 0 unspecified atom stereocenters. The number of hydrogen-bond donors (Lipinski definition) is 2. The van der Waals surface area contributed by atoms with Gasteiger partial charge in [0, 0.05) is 6.20 Å². The lowest BCUT2D eigenvalue weighted by molar-refractivity contribution is -0.134. The van der Waals surface area contributed by atoms with Crippen molar-refractivity contribution in [1.82, 2.24) is 9.38 Å². The molecular weight excluding hydrogens is 338 g/mol. The molecule has 124 valence electrons. The van der Waals surface area contributed by atoms with E-state index in [1.54, 1.807) is 28.8 Å². The molecule has 0 fully saturated rings. The van der Waals surface area contributed by atoms with Gasteiger partial charge in [-0.2, -0.15) is 0 Å². The molecule has 3 aromatic heterocycles. The summed E-state index contributed by atoms with van der Waals surface area (Å²) in [5.74, 6) is -0.742. The molecule has 0 saturated heterocycles. The molecule has 3 rings (SSSR count). The van der Waals surface area contributed by atoms with E-state index < -0.39 is 11.9 Å². The maximum Gasteiger partial charge on any atom is 0.338 e. The molecule has 0 aliphatic carbocycles. The summed E-state index contributed by atoms with van der Waals surface area (Å²) in [7, 11) is 1.29. The number of aromatic nitrogens is 2. The molecule has 8 nitrogen and oxygen atoms in total. The van der Waals surface area contributed by atoms with Gasteiger partial charge in [-0.3, -0.25) is 9.20 Å². The van der Waals surface area contributed by atoms with Gasteiger partial charge in [0.05, 0.1) is 12.7 Å². The minimum Gasteiger partial charge on any atom is -0.480 e. The summed E-state index contributed by atoms with van der Waals surface area (Å²) in [5, 5.41) is 11.9. The summed E-state index contributed by atoms with van der Waals surface area (Å²) < 4.78 is 11.7. The summed E-state index contributed by atoms with van der Waals surface area (Å²) in [6, 6.07) is 6.26. The number of carboxylic acids is 1. The number of rotatable bonds is 5. The number of imidazole rings is 1. The van der Waals surface area contributed by atoms with Crippen LogP contribution in [0.1, 0.15) is 10.4 Å². The van der Waals surface area contributed by atoms with Gasteiger partial charge in [0.1, 0.15) is 23.7 Å². The fourth-order valence-electron chi connectivity index (χ4n) is 2.23. The molecule has 3 heterocycles. The highest BCUT2D eigenvalue weighted by Crippen LogP contribution is 2.31. The molecule has 0 aliphatic heterocycles. The Hall–Kier alpha value is -3.00. The Morgan fingerprint density at radius 1 is 1.42 bits per heavy atom. The van der Waals surface area contributed by atoms with E-state index in [-0.39, 0.29) is 11.8 Å². The van der Waals surface area contributed by atoms with Crippen LogP contribution >= 0.6 is 11.6 Å². The number of anilines is 1. The molecule has 0 aromatic carbocycles. The highest BCUT2D eigenvalue weighted by molar-refractivity contribution is 6.29. The number of carbonyl (C=O) groups excluding carboxylic acids is 1. The average molecular weight is 350 g/mol. The monoisotopic (exact) mass is 349 g/mol. The second-order valence-corrected chi connectivity index (χ2v) is 5.17. The van der Waals surface area contributed by atoms with Gasteiger partial charge in [0.25, 0.3) is 0 Å². The second kappa shape index (κ2) is 6.25. The minimum atomic E-state index is -1.03. The molecule has 2 N–H and O–H groups in total. The van der Waals surface area contributed by atoms with Crippen LogP contribution in [-0.2, 0) is 9.53 Å². The van der Waals surface area contributed by atoms with Gasteiger partial charge in [-0.1, -0.05) is 0 Å². The maximum atomic E-state index is 11.6. The number of carbonyl (C=O) groups is 2. The van der Waals surface area contributed by atoms with Gasteiger partial charge in [-0.05, 0) is 35.9 Å². The molecule has 0 atom stereocenters. The van der Waals surface area contributed by atoms with E-state index in [0.717, 1.165) is 0 Å². The first kappa shape index (κ1) is 15.9. The number of furan rings is 1. The highest BCUT2D eigenvalue weighted by atomic mass is 35.5. The van der Waals surface area contributed by atoms with Gasteiger partial charge in [0.15, 0.2) is 11.0 Å². The number of nitrogens with zero attached hydrogens (tertiary/aromatic N) is 2. The van der Waals surface area contributed by atoms with E-state index in [1.807, 2.05) is 0 Å². The number of methoxy groups -OCH3 is 1. The Balaban J connectivity index is 2.14. The van der Waals surface area contributed by atoms with E-state index in [0.29, 0.717) is 28.5 Å². The maximum absolute atomic E-state index is 11.6. The molecule has 3 aromatic rings. The predicted octanol–water partition coefficient (Wildman–Crippen LogP) is 2.53. The SMILES string of the molecule is COC(=O)c1ccn2c(NCC(=O)O)c(-c3ccc(Cl)o3)nc2c1. The van der Waals surface area contributed by atoms with Crippen molar-refractivity contribution in [1.29, 1.82) is 0 Å². The Bertz CT molecular complexity index is 930. The number of hydrogen-bond acceptors (Lipinski definition) is 6. The van der Waals surface area contributed by atoms with E-state index in [1.165, 1.54) is 13.2 Å². The van der Waals surface area contributed by atoms with Crippen molar-refractivity contribution < 1.29 is 23.8 Å². The molecule has 24 heavy (non-hydrogen) atoms. The predicted molar refractivity (Wildman–Crippen MR) is 85.4 cm³/mol. The van der Waals surface area contributed by atoms with Crippen molar-refractivity contribution in [3.05, 3.63) is 41.2 Å². The third kappa shape index (κ3) is 2.91. The Kier molecular flexibility index (Phi) is 4.13. The van der Waals surface area contributed by atoms with Crippen LogP contribution in [0.4, 0.5) is 5.82 Å². The second-order valence-electron chi connectivity index (χ2n) is 4.80. The van der Waals surface area contributed by atoms with Gasteiger partial charge < -0.3 is 19.6 Å². The number of nitrogens with one attached hydrogen (secondary N) is 1. The Morgan fingerprint density at radius 2 is 2.21 bits per heavy atom. The average Bonchev–Trinajstić information content (AvgIpc) is 3.14. The zero-order valence-electron chi connectivity index (χ0n) is 12.4. The lowest BCUT2D eigenvalue weighted by Gasteiger charge is -2.06. The van der Waals surface area contributed by atoms with Crippen molar-refractivity contribution in [2.75, 3.05) is 19.0 Å². The third-order valence-corrected chi connectivity index (χ3v) is 3.46. The van der Waals surface area contributed by atoms with Gasteiger partial charge in [-0.25, -0.2) is 9.78 Å². The van der Waals surface area contributed by atoms with Crippen LogP contribution in [-0.4, -0.2) is 40.1 Å². The molecule has 0 amide bonds.